The van der Waals surface area contributed by atoms with Crippen LogP contribution in [0.15, 0.2) is 52.0 Å². The van der Waals surface area contributed by atoms with Crippen LogP contribution < -0.4 is 5.32 Å². The van der Waals surface area contributed by atoms with Crippen LogP contribution in [-0.2, 0) is 19.4 Å². The molecule has 2 atom stereocenters. The molecule has 6 nitrogen and oxygen atoms in total. The first kappa shape index (κ1) is 18.0. The van der Waals surface area contributed by atoms with Gasteiger partial charge in [0.25, 0.3) is 0 Å². The molecule has 1 aromatic heterocycles. The molecule has 1 amide bonds. The van der Waals surface area contributed by atoms with E-state index in [1.54, 1.807) is 12.1 Å². The smallest absolute Gasteiger partial charge is 0.249 e. The second-order valence-electron chi connectivity index (χ2n) is 5.75. The first-order valence-corrected chi connectivity index (χ1v) is 9.83. The van der Waals surface area contributed by atoms with Crippen molar-refractivity contribution in [3.8, 4) is 0 Å². The average molecular weight is 384 g/mol. The Morgan fingerprint density at radius 1 is 1.28 bits per heavy atom. The van der Waals surface area contributed by atoms with Crippen LogP contribution in [0.5, 0.6) is 0 Å². The molecule has 1 fully saturated rings. The molecule has 2 aromatic rings. The number of amides is 1. The lowest BCUT2D eigenvalue weighted by Crippen LogP contribution is -2.38. The van der Waals surface area contributed by atoms with Crippen LogP contribution in [0, 0.1) is 0 Å². The third-order valence-electron chi connectivity index (χ3n) is 4.06. The van der Waals surface area contributed by atoms with Gasteiger partial charge in [-0.25, -0.2) is 8.42 Å². The SMILES string of the molecule is O=C(NCC(c1ccco1)S(=O)(=O)c1ccc(Cl)cc1)C1CCCO1. The summed E-state index contributed by atoms with van der Waals surface area (Å²) in [5.74, 6) is -0.0389. The van der Waals surface area contributed by atoms with Crippen LogP contribution >= 0.6 is 11.6 Å². The van der Waals surface area contributed by atoms with Gasteiger partial charge >= 0.3 is 0 Å². The Labute approximate surface area is 151 Å². The maximum absolute atomic E-state index is 13.0. The van der Waals surface area contributed by atoms with Gasteiger partial charge in [0.15, 0.2) is 9.84 Å². The van der Waals surface area contributed by atoms with E-state index in [9.17, 15) is 13.2 Å². The number of hydrogen-bond donors (Lipinski definition) is 1. The lowest BCUT2D eigenvalue weighted by atomic mass is 10.2. The van der Waals surface area contributed by atoms with Gasteiger partial charge in [0.05, 0.1) is 11.2 Å². The molecule has 134 valence electrons. The summed E-state index contributed by atoms with van der Waals surface area (Å²) in [6.45, 7) is 0.444. The van der Waals surface area contributed by atoms with E-state index in [1.807, 2.05) is 0 Å². The molecule has 8 heteroatoms. The fraction of sp³-hybridized carbons (Fsp3) is 0.353. The lowest BCUT2D eigenvalue weighted by molar-refractivity contribution is -0.130. The zero-order chi connectivity index (χ0) is 17.9. The van der Waals surface area contributed by atoms with Crippen molar-refractivity contribution >= 4 is 27.3 Å². The normalized spacial score (nSPS) is 18.8. The molecular formula is C17H18ClNO5S. The first-order valence-electron chi connectivity index (χ1n) is 7.90. The standard InChI is InChI=1S/C17H18ClNO5S/c18-12-5-7-13(8-6-12)25(21,22)16(14-3-1-9-23-14)11-19-17(20)15-4-2-10-24-15/h1,3,5-9,15-16H,2,4,10-11H2,(H,19,20). The van der Waals surface area contributed by atoms with Gasteiger partial charge in [-0.3, -0.25) is 4.79 Å². The highest BCUT2D eigenvalue weighted by molar-refractivity contribution is 7.91. The minimum atomic E-state index is -3.77. The minimum Gasteiger partial charge on any atom is -0.468 e. The van der Waals surface area contributed by atoms with Gasteiger partial charge in [-0.15, -0.1) is 0 Å². The molecule has 2 unspecified atom stereocenters. The van der Waals surface area contributed by atoms with Crippen LogP contribution in [0.1, 0.15) is 23.9 Å². The number of nitrogens with one attached hydrogen (secondary N) is 1. The van der Waals surface area contributed by atoms with Crippen LogP contribution in [0.2, 0.25) is 5.02 Å². The summed E-state index contributed by atoms with van der Waals surface area (Å²) >= 11 is 5.83. The Hall–Kier alpha value is -1.83. The van der Waals surface area contributed by atoms with E-state index in [0.29, 0.717) is 18.1 Å². The van der Waals surface area contributed by atoms with E-state index in [-0.39, 0.29) is 23.1 Å². The predicted molar refractivity (Wildman–Crippen MR) is 92.1 cm³/mol. The van der Waals surface area contributed by atoms with E-state index in [0.717, 1.165) is 6.42 Å². The van der Waals surface area contributed by atoms with Crippen molar-refractivity contribution in [2.24, 2.45) is 0 Å². The number of ether oxygens (including phenoxy) is 1. The van der Waals surface area contributed by atoms with Crippen LogP contribution in [0.25, 0.3) is 0 Å². The van der Waals surface area contributed by atoms with E-state index in [4.69, 9.17) is 20.8 Å². The van der Waals surface area contributed by atoms with E-state index < -0.39 is 21.2 Å². The number of benzene rings is 1. The van der Waals surface area contributed by atoms with Gasteiger partial charge in [-0.2, -0.15) is 0 Å². The summed E-state index contributed by atoms with van der Waals surface area (Å²) in [5.41, 5.74) is 0. The quantitative estimate of drug-likeness (QED) is 0.828. The molecule has 0 aliphatic carbocycles. The molecule has 25 heavy (non-hydrogen) atoms. The van der Waals surface area contributed by atoms with Crippen molar-refractivity contribution in [3.63, 3.8) is 0 Å². The molecule has 2 heterocycles. The predicted octanol–water partition coefficient (Wildman–Crippen LogP) is 2.74. The summed E-state index contributed by atoms with van der Waals surface area (Å²) in [6, 6.07) is 9.10. The molecular weight excluding hydrogens is 366 g/mol. The molecule has 1 aromatic carbocycles. The number of hydrogen-bond acceptors (Lipinski definition) is 5. The van der Waals surface area contributed by atoms with Crippen LogP contribution in [0.4, 0.5) is 0 Å². The Morgan fingerprint density at radius 2 is 2.04 bits per heavy atom. The molecule has 3 rings (SSSR count). The molecule has 0 bridgehead atoms. The van der Waals surface area contributed by atoms with Crippen molar-refractivity contribution < 1.29 is 22.4 Å². The van der Waals surface area contributed by atoms with Gasteiger partial charge in [0, 0.05) is 18.2 Å². The topological polar surface area (TPSA) is 85.6 Å². The Bertz CT molecular complexity index is 811. The van der Waals surface area contributed by atoms with Crippen molar-refractivity contribution in [1.29, 1.82) is 0 Å². The number of sulfone groups is 1. The summed E-state index contributed by atoms with van der Waals surface area (Å²) in [6.07, 6.45) is 2.35. The van der Waals surface area contributed by atoms with Crippen molar-refractivity contribution in [1.82, 2.24) is 5.32 Å². The van der Waals surface area contributed by atoms with Gasteiger partial charge in [0.2, 0.25) is 5.91 Å². The Kier molecular flexibility index (Phi) is 5.46. The first-order chi connectivity index (χ1) is 12.0. The van der Waals surface area contributed by atoms with Crippen molar-refractivity contribution in [2.75, 3.05) is 13.2 Å². The van der Waals surface area contributed by atoms with Crippen molar-refractivity contribution in [3.05, 3.63) is 53.4 Å². The third kappa shape index (κ3) is 4.05. The maximum Gasteiger partial charge on any atom is 0.249 e. The molecule has 1 aliphatic heterocycles. The lowest BCUT2D eigenvalue weighted by Gasteiger charge is -2.18. The number of carbonyl (C=O) groups excluding carboxylic acids is 1. The van der Waals surface area contributed by atoms with E-state index >= 15 is 0 Å². The van der Waals surface area contributed by atoms with E-state index in [1.165, 1.54) is 30.5 Å². The summed E-state index contributed by atoms with van der Waals surface area (Å²) in [4.78, 5) is 12.3. The van der Waals surface area contributed by atoms with Gasteiger partial charge in [-0.1, -0.05) is 11.6 Å². The maximum atomic E-state index is 13.0. The summed E-state index contributed by atoms with van der Waals surface area (Å²) < 4.78 is 36.6. The average Bonchev–Trinajstić information content (AvgIpc) is 3.29. The summed E-state index contributed by atoms with van der Waals surface area (Å²) in [7, 11) is -3.77. The Balaban J connectivity index is 1.82. The molecule has 0 spiro atoms. The fourth-order valence-corrected chi connectivity index (χ4v) is 4.43. The molecule has 1 aliphatic rings. The number of halogens is 1. The van der Waals surface area contributed by atoms with Gasteiger partial charge in [0.1, 0.15) is 17.1 Å². The minimum absolute atomic E-state index is 0.100. The third-order valence-corrected chi connectivity index (χ3v) is 6.39. The monoisotopic (exact) mass is 383 g/mol. The van der Waals surface area contributed by atoms with E-state index in [2.05, 4.69) is 5.32 Å². The van der Waals surface area contributed by atoms with Crippen LogP contribution in [-0.4, -0.2) is 33.6 Å². The van der Waals surface area contributed by atoms with Crippen molar-refractivity contribution in [2.45, 2.75) is 29.1 Å². The van der Waals surface area contributed by atoms with Gasteiger partial charge in [-0.05, 0) is 49.2 Å². The number of carbonyl (C=O) groups is 1. The highest BCUT2D eigenvalue weighted by atomic mass is 35.5. The second kappa shape index (κ2) is 7.59. The molecule has 1 saturated heterocycles. The summed E-state index contributed by atoms with van der Waals surface area (Å²) in [5, 5.41) is 2.08. The zero-order valence-corrected chi connectivity index (χ0v) is 14.9. The number of rotatable bonds is 6. The second-order valence-corrected chi connectivity index (χ2v) is 8.32. The largest absolute Gasteiger partial charge is 0.468 e. The Morgan fingerprint density at radius 3 is 2.64 bits per heavy atom. The highest BCUT2D eigenvalue weighted by Crippen LogP contribution is 2.29. The molecule has 0 saturated carbocycles. The zero-order valence-electron chi connectivity index (χ0n) is 13.4. The van der Waals surface area contributed by atoms with Crippen LogP contribution in [0.3, 0.4) is 0 Å². The fourth-order valence-electron chi connectivity index (χ4n) is 2.72. The molecule has 1 N–H and O–H groups in total. The van der Waals surface area contributed by atoms with Gasteiger partial charge < -0.3 is 14.5 Å². The highest BCUT2D eigenvalue weighted by Gasteiger charge is 2.33. The number of furan rings is 1. The molecule has 0 radical (unpaired) electrons.